The van der Waals surface area contributed by atoms with Crippen molar-refractivity contribution < 1.29 is 40.2 Å². The number of carboxylic acids is 2. The van der Waals surface area contributed by atoms with E-state index in [9.17, 15) is 9.59 Å². The van der Waals surface area contributed by atoms with E-state index in [0.29, 0.717) is 24.3 Å². The second-order valence-electron chi connectivity index (χ2n) is 8.68. The molecule has 0 saturated carbocycles. The molecule has 0 aromatic heterocycles. The number of aliphatic carboxylic acids is 2. The molecule has 35 heavy (non-hydrogen) atoms. The number of carboxylic acid groups (broad SMARTS) is 2. The lowest BCUT2D eigenvalue weighted by molar-refractivity contribution is -0.137. The Hall–Kier alpha value is -0.870. The van der Waals surface area contributed by atoms with Crippen molar-refractivity contribution in [3.8, 4) is 0 Å². The molecular weight excluding hydrogens is 472 g/mol. The molecule has 8 nitrogen and oxygen atoms in total. The molecule has 0 radical (unpaired) electrons. The number of aliphatic hydroxyl groups is 4. The fourth-order valence-corrected chi connectivity index (χ4v) is 3.83. The second kappa shape index (κ2) is 33.1. The summed E-state index contributed by atoms with van der Waals surface area (Å²) in [6.45, 7) is 4.42. The lowest BCUT2D eigenvalue weighted by atomic mass is 10.1. The lowest BCUT2D eigenvalue weighted by Gasteiger charge is -2.02. The molecule has 0 aromatic carbocycles. The van der Waals surface area contributed by atoms with Crippen LogP contribution in [0.2, 0.25) is 0 Å². The van der Waals surface area contributed by atoms with Crippen LogP contribution in [0.15, 0.2) is 0 Å². The summed E-state index contributed by atoms with van der Waals surface area (Å²) in [7, 11) is 0. The van der Waals surface area contributed by atoms with Crippen molar-refractivity contribution in [1.29, 1.82) is 0 Å². The van der Waals surface area contributed by atoms with E-state index >= 15 is 0 Å². The average molecular weight is 527 g/mol. The van der Waals surface area contributed by atoms with Crippen molar-refractivity contribution in [2.75, 3.05) is 11.5 Å². The van der Waals surface area contributed by atoms with Crippen LogP contribution in [0.5, 0.6) is 0 Å². The predicted octanol–water partition coefficient (Wildman–Crippen LogP) is 5.54. The molecule has 0 unspecified atom stereocenters. The Bertz CT molecular complexity index is 396. The van der Waals surface area contributed by atoms with Gasteiger partial charge in [0.2, 0.25) is 0 Å². The molecule has 0 bridgehead atoms. The van der Waals surface area contributed by atoms with Gasteiger partial charge >= 0.3 is 11.9 Å². The molecule has 0 rings (SSSR count). The number of hydrogen-bond acceptors (Lipinski definition) is 7. The van der Waals surface area contributed by atoms with Crippen LogP contribution in [0.25, 0.3) is 0 Å². The molecule has 212 valence electrons. The zero-order valence-corrected chi connectivity index (χ0v) is 23.0. The van der Waals surface area contributed by atoms with E-state index < -0.39 is 24.5 Å². The number of hydrogen-bond donors (Lipinski definition) is 6. The van der Waals surface area contributed by atoms with Crippen molar-refractivity contribution in [2.24, 2.45) is 0 Å². The van der Waals surface area contributed by atoms with Crippen molar-refractivity contribution in [2.45, 2.75) is 142 Å². The maximum atomic E-state index is 9.97. The first kappa shape index (κ1) is 38.7. The van der Waals surface area contributed by atoms with Crippen LogP contribution in [0.1, 0.15) is 129 Å². The number of carbonyl (C=O) groups is 2. The second-order valence-corrected chi connectivity index (χ2v) is 9.91. The van der Waals surface area contributed by atoms with E-state index in [-0.39, 0.29) is 12.8 Å². The highest BCUT2D eigenvalue weighted by Crippen LogP contribution is 2.09. The van der Waals surface area contributed by atoms with Gasteiger partial charge in [-0.25, -0.2) is 0 Å². The van der Waals surface area contributed by atoms with Gasteiger partial charge in [0.1, 0.15) is 0 Å². The Morgan fingerprint density at radius 3 is 1.09 bits per heavy atom. The highest BCUT2D eigenvalue weighted by molar-refractivity contribution is 7.99. The zero-order chi connectivity index (χ0) is 27.2. The van der Waals surface area contributed by atoms with Gasteiger partial charge in [0.15, 0.2) is 12.6 Å². The molecule has 0 aliphatic rings. The summed E-state index contributed by atoms with van der Waals surface area (Å²) in [4.78, 5) is 19.9. The van der Waals surface area contributed by atoms with Gasteiger partial charge in [-0.05, 0) is 25.7 Å². The Morgan fingerprint density at radius 2 is 0.829 bits per heavy atom. The summed E-state index contributed by atoms with van der Waals surface area (Å²) < 4.78 is 0. The average Bonchev–Trinajstić information content (AvgIpc) is 2.78. The summed E-state index contributed by atoms with van der Waals surface area (Å²) in [5.41, 5.74) is 0. The number of aliphatic hydroxyl groups excluding tert-OH is 2. The third-order valence-electron chi connectivity index (χ3n) is 5.05. The third-order valence-corrected chi connectivity index (χ3v) is 6.04. The van der Waals surface area contributed by atoms with E-state index in [0.717, 1.165) is 25.7 Å². The number of unbranched alkanes of at least 4 members (excludes halogenated alkanes) is 12. The number of rotatable bonds is 22. The van der Waals surface area contributed by atoms with E-state index in [1.165, 1.54) is 76.0 Å². The smallest absolute Gasteiger partial charge is 0.304 e. The van der Waals surface area contributed by atoms with E-state index in [4.69, 9.17) is 30.6 Å². The number of thioether (sulfide) groups is 1. The molecule has 0 atom stereocenters. The molecule has 6 N–H and O–H groups in total. The zero-order valence-electron chi connectivity index (χ0n) is 22.2. The van der Waals surface area contributed by atoms with Crippen LogP contribution in [0, 0.1) is 0 Å². The maximum Gasteiger partial charge on any atom is 0.304 e. The Morgan fingerprint density at radius 1 is 0.543 bits per heavy atom. The van der Waals surface area contributed by atoms with Gasteiger partial charge in [-0.15, -0.1) is 0 Å². The van der Waals surface area contributed by atoms with Gasteiger partial charge in [-0.2, -0.15) is 11.8 Å². The summed E-state index contributed by atoms with van der Waals surface area (Å²) >= 11 is 1.35. The topological polar surface area (TPSA) is 156 Å². The van der Waals surface area contributed by atoms with Gasteiger partial charge in [0.05, 0.1) is 12.8 Å². The van der Waals surface area contributed by atoms with Crippen LogP contribution in [0.3, 0.4) is 0 Å². The standard InChI is InChI=1S/2C10H22O2.C6H10O4S/c2*1-2-3-4-5-6-7-8-9-10(11)12;7-5(8)1-3-11-4-2-6(9)10/h2*10-12H,2-9H2,1H3;1-4H2,(H,7,8)(H,9,10). The summed E-state index contributed by atoms with van der Waals surface area (Å²) in [5.74, 6) is -0.703. The largest absolute Gasteiger partial charge is 0.481 e. The molecule has 9 heteroatoms. The molecule has 0 aliphatic carbocycles. The minimum absolute atomic E-state index is 0.101. The summed E-state index contributed by atoms with van der Waals surface area (Å²) in [5, 5.41) is 50.6. The molecule has 0 aromatic rings. The molecule has 0 fully saturated rings. The molecule has 0 saturated heterocycles. The lowest BCUT2D eigenvalue weighted by Crippen LogP contribution is -2.02. The first-order valence-corrected chi connectivity index (χ1v) is 14.6. The van der Waals surface area contributed by atoms with Crippen LogP contribution < -0.4 is 0 Å². The Balaban J connectivity index is -0.000000439. The minimum atomic E-state index is -1.10. The molecular formula is C26H54O8S. The van der Waals surface area contributed by atoms with Gasteiger partial charge in [-0.3, -0.25) is 9.59 Å². The van der Waals surface area contributed by atoms with Crippen molar-refractivity contribution in [3.63, 3.8) is 0 Å². The molecule has 0 amide bonds. The summed E-state index contributed by atoms with van der Waals surface area (Å²) in [6.07, 6.45) is 16.3. The SMILES string of the molecule is CCCCCCCCCC(O)O.CCCCCCCCCC(O)O.O=C(O)CCSCCC(=O)O. The van der Waals surface area contributed by atoms with Crippen LogP contribution in [0.4, 0.5) is 0 Å². The third kappa shape index (κ3) is 50.8. The molecule has 0 spiro atoms. The highest BCUT2D eigenvalue weighted by Gasteiger charge is 1.99. The highest BCUT2D eigenvalue weighted by atomic mass is 32.2. The Kier molecular flexibility index (Phi) is 36.6. The van der Waals surface area contributed by atoms with Gasteiger partial charge in [0.25, 0.3) is 0 Å². The van der Waals surface area contributed by atoms with Crippen molar-refractivity contribution >= 4 is 23.7 Å². The minimum Gasteiger partial charge on any atom is -0.481 e. The monoisotopic (exact) mass is 526 g/mol. The maximum absolute atomic E-state index is 9.97. The van der Waals surface area contributed by atoms with Gasteiger partial charge in [0, 0.05) is 11.5 Å². The normalized spacial score (nSPS) is 10.5. The quantitative estimate of drug-likeness (QED) is 0.0787. The predicted molar refractivity (Wildman–Crippen MR) is 144 cm³/mol. The molecule has 0 heterocycles. The summed E-state index contributed by atoms with van der Waals surface area (Å²) in [6, 6.07) is 0. The first-order valence-electron chi connectivity index (χ1n) is 13.4. The van der Waals surface area contributed by atoms with Crippen LogP contribution in [-0.2, 0) is 9.59 Å². The van der Waals surface area contributed by atoms with Crippen LogP contribution >= 0.6 is 11.8 Å². The van der Waals surface area contributed by atoms with Gasteiger partial charge in [-0.1, -0.05) is 90.9 Å². The van der Waals surface area contributed by atoms with E-state index in [1.807, 2.05) is 0 Å². The van der Waals surface area contributed by atoms with E-state index in [2.05, 4.69) is 13.8 Å². The fraction of sp³-hybridized carbons (Fsp3) is 0.923. The fourth-order valence-electron chi connectivity index (χ4n) is 2.99. The van der Waals surface area contributed by atoms with Crippen molar-refractivity contribution in [1.82, 2.24) is 0 Å². The van der Waals surface area contributed by atoms with Gasteiger partial charge < -0.3 is 30.6 Å². The van der Waals surface area contributed by atoms with Crippen molar-refractivity contribution in [3.05, 3.63) is 0 Å². The van der Waals surface area contributed by atoms with E-state index in [1.54, 1.807) is 0 Å². The van der Waals surface area contributed by atoms with Crippen LogP contribution in [-0.4, -0.2) is 66.7 Å². The first-order chi connectivity index (χ1) is 16.7. The Labute approximate surface area is 217 Å². The molecule has 0 aliphatic heterocycles.